The second-order valence-corrected chi connectivity index (χ2v) is 7.27. The summed E-state index contributed by atoms with van der Waals surface area (Å²) in [6, 6.07) is 6.12. The molecule has 2 saturated heterocycles. The summed E-state index contributed by atoms with van der Waals surface area (Å²) in [5.41, 5.74) is 1.18. The molecule has 1 unspecified atom stereocenters. The van der Waals surface area contributed by atoms with Crippen LogP contribution in [0.2, 0.25) is 10.0 Å². The Labute approximate surface area is 147 Å². The first kappa shape index (κ1) is 17.0. The van der Waals surface area contributed by atoms with Gasteiger partial charge in [-0.15, -0.1) is 0 Å². The van der Waals surface area contributed by atoms with E-state index < -0.39 is 0 Å². The summed E-state index contributed by atoms with van der Waals surface area (Å²) < 4.78 is 0. The highest BCUT2D eigenvalue weighted by Gasteiger charge is 2.26. The van der Waals surface area contributed by atoms with E-state index >= 15 is 0 Å². The molecule has 2 N–H and O–H groups in total. The van der Waals surface area contributed by atoms with Gasteiger partial charge in [-0.25, -0.2) is 0 Å². The summed E-state index contributed by atoms with van der Waals surface area (Å²) >= 11 is 12.0. The van der Waals surface area contributed by atoms with Crippen molar-refractivity contribution in [3.05, 3.63) is 33.8 Å². The van der Waals surface area contributed by atoms with Crippen LogP contribution < -0.4 is 10.6 Å². The van der Waals surface area contributed by atoms with Gasteiger partial charge in [0.25, 0.3) is 0 Å². The third kappa shape index (κ3) is 4.60. The molecule has 126 valence electrons. The van der Waals surface area contributed by atoms with Crippen molar-refractivity contribution < 1.29 is 4.79 Å². The minimum Gasteiger partial charge on any atom is -0.352 e. The lowest BCUT2D eigenvalue weighted by Gasteiger charge is -2.33. The lowest BCUT2D eigenvalue weighted by atomic mass is 10.0. The predicted molar refractivity (Wildman–Crippen MR) is 93.9 cm³/mol. The van der Waals surface area contributed by atoms with E-state index in [0.717, 1.165) is 51.9 Å². The normalized spacial score (nSPS) is 23.1. The van der Waals surface area contributed by atoms with Gasteiger partial charge in [-0.3, -0.25) is 9.69 Å². The number of nitrogens with zero attached hydrogens (tertiary/aromatic N) is 1. The number of carbonyl (C=O) groups is 1. The molecule has 2 aliphatic heterocycles. The highest BCUT2D eigenvalue weighted by atomic mass is 35.5. The van der Waals surface area contributed by atoms with Gasteiger partial charge in [0.1, 0.15) is 0 Å². The molecule has 0 saturated carbocycles. The Morgan fingerprint density at radius 2 is 2.00 bits per heavy atom. The zero-order valence-corrected chi connectivity index (χ0v) is 14.7. The van der Waals surface area contributed by atoms with Crippen molar-refractivity contribution in [2.45, 2.75) is 44.3 Å². The van der Waals surface area contributed by atoms with E-state index in [2.05, 4.69) is 15.5 Å². The smallest absolute Gasteiger partial charge is 0.237 e. The maximum atomic E-state index is 12.1. The van der Waals surface area contributed by atoms with E-state index in [0.29, 0.717) is 16.1 Å². The van der Waals surface area contributed by atoms with Crippen molar-refractivity contribution in [2.24, 2.45) is 0 Å². The van der Waals surface area contributed by atoms with Gasteiger partial charge in [0, 0.05) is 25.7 Å². The van der Waals surface area contributed by atoms with Crippen LogP contribution in [0.1, 0.15) is 31.2 Å². The molecule has 23 heavy (non-hydrogen) atoms. The van der Waals surface area contributed by atoms with Gasteiger partial charge in [-0.2, -0.15) is 0 Å². The summed E-state index contributed by atoms with van der Waals surface area (Å²) in [7, 11) is 0. The highest BCUT2D eigenvalue weighted by molar-refractivity contribution is 6.42. The SMILES string of the molecule is O=C(NC1CCN(Cc2ccc(Cl)c(Cl)c2)CC1)C1CCCN1. The fourth-order valence-electron chi connectivity index (χ4n) is 3.34. The van der Waals surface area contributed by atoms with E-state index in [4.69, 9.17) is 23.2 Å². The third-order valence-electron chi connectivity index (χ3n) is 4.70. The summed E-state index contributed by atoms with van der Waals surface area (Å²) in [6.07, 6.45) is 4.06. The number of rotatable bonds is 4. The maximum absolute atomic E-state index is 12.1. The Morgan fingerprint density at radius 1 is 1.22 bits per heavy atom. The predicted octanol–water partition coefficient (Wildman–Crippen LogP) is 2.83. The van der Waals surface area contributed by atoms with Crippen LogP contribution in [0.5, 0.6) is 0 Å². The molecule has 6 heteroatoms. The van der Waals surface area contributed by atoms with Crippen molar-refractivity contribution in [3.63, 3.8) is 0 Å². The van der Waals surface area contributed by atoms with Crippen molar-refractivity contribution in [1.82, 2.24) is 15.5 Å². The monoisotopic (exact) mass is 355 g/mol. The topological polar surface area (TPSA) is 44.4 Å². The van der Waals surface area contributed by atoms with Crippen molar-refractivity contribution in [3.8, 4) is 0 Å². The Bertz CT molecular complexity index is 553. The van der Waals surface area contributed by atoms with Crippen LogP contribution in [0.15, 0.2) is 18.2 Å². The van der Waals surface area contributed by atoms with Crippen LogP contribution in [0, 0.1) is 0 Å². The lowest BCUT2D eigenvalue weighted by Crippen LogP contribution is -2.49. The second kappa shape index (κ2) is 7.84. The standard InChI is InChI=1S/C17H23Cl2N3O/c18-14-4-3-12(10-15(14)19)11-22-8-5-13(6-9-22)21-17(23)16-2-1-7-20-16/h3-4,10,13,16,20H,1-2,5-9,11H2,(H,21,23). The van der Waals surface area contributed by atoms with E-state index in [9.17, 15) is 4.79 Å². The van der Waals surface area contributed by atoms with Crippen LogP contribution in [-0.2, 0) is 11.3 Å². The van der Waals surface area contributed by atoms with Crippen LogP contribution in [-0.4, -0.2) is 42.5 Å². The quantitative estimate of drug-likeness (QED) is 0.872. The summed E-state index contributed by atoms with van der Waals surface area (Å²) in [6.45, 7) is 3.81. The number of hydrogen-bond acceptors (Lipinski definition) is 3. The number of likely N-dealkylation sites (tertiary alicyclic amines) is 1. The van der Waals surface area contributed by atoms with Crippen LogP contribution >= 0.6 is 23.2 Å². The molecule has 4 nitrogen and oxygen atoms in total. The van der Waals surface area contributed by atoms with Gasteiger partial charge in [-0.1, -0.05) is 29.3 Å². The van der Waals surface area contributed by atoms with Crippen LogP contribution in [0.3, 0.4) is 0 Å². The summed E-state index contributed by atoms with van der Waals surface area (Å²) in [5, 5.41) is 7.65. The minimum atomic E-state index is 0.0178. The van der Waals surface area contributed by atoms with E-state index in [1.54, 1.807) is 0 Å². The molecule has 1 amide bonds. The Kier molecular flexibility index (Phi) is 5.81. The molecule has 2 heterocycles. The number of halogens is 2. The molecule has 2 fully saturated rings. The van der Waals surface area contributed by atoms with Gasteiger partial charge < -0.3 is 10.6 Å². The van der Waals surface area contributed by atoms with Gasteiger partial charge in [0.2, 0.25) is 5.91 Å². The van der Waals surface area contributed by atoms with Gasteiger partial charge in [0.15, 0.2) is 0 Å². The van der Waals surface area contributed by atoms with Crippen molar-refractivity contribution in [2.75, 3.05) is 19.6 Å². The number of carbonyl (C=O) groups excluding carboxylic acids is 1. The number of benzene rings is 1. The second-order valence-electron chi connectivity index (χ2n) is 6.46. The third-order valence-corrected chi connectivity index (χ3v) is 5.44. The molecular formula is C17H23Cl2N3O. The molecule has 3 rings (SSSR count). The Balaban J connectivity index is 1.44. The average Bonchev–Trinajstić information content (AvgIpc) is 3.07. The van der Waals surface area contributed by atoms with Gasteiger partial charge in [-0.05, 0) is 49.9 Å². The molecule has 1 aromatic carbocycles. The zero-order chi connectivity index (χ0) is 16.2. The minimum absolute atomic E-state index is 0.0178. The van der Waals surface area contributed by atoms with E-state index in [-0.39, 0.29) is 11.9 Å². The number of nitrogens with one attached hydrogen (secondary N) is 2. The van der Waals surface area contributed by atoms with Crippen molar-refractivity contribution in [1.29, 1.82) is 0 Å². The first-order valence-corrected chi connectivity index (χ1v) is 9.07. The molecule has 0 spiro atoms. The van der Waals surface area contributed by atoms with Gasteiger partial charge >= 0.3 is 0 Å². The fraction of sp³-hybridized carbons (Fsp3) is 0.588. The molecule has 0 radical (unpaired) electrons. The highest BCUT2D eigenvalue weighted by Crippen LogP contribution is 2.24. The van der Waals surface area contributed by atoms with E-state index in [1.807, 2.05) is 18.2 Å². The maximum Gasteiger partial charge on any atom is 0.237 e. The van der Waals surface area contributed by atoms with Crippen molar-refractivity contribution >= 4 is 29.1 Å². The number of amides is 1. The lowest BCUT2D eigenvalue weighted by molar-refractivity contribution is -0.123. The molecule has 1 atom stereocenters. The van der Waals surface area contributed by atoms with E-state index in [1.165, 1.54) is 5.56 Å². The molecular weight excluding hydrogens is 333 g/mol. The number of hydrogen-bond donors (Lipinski definition) is 2. The van der Waals surface area contributed by atoms with Gasteiger partial charge in [0.05, 0.1) is 16.1 Å². The Hall–Kier alpha value is -0.810. The summed E-state index contributed by atoms with van der Waals surface area (Å²) in [4.78, 5) is 14.5. The average molecular weight is 356 g/mol. The first-order chi connectivity index (χ1) is 11.1. The zero-order valence-electron chi connectivity index (χ0n) is 13.2. The molecule has 0 aromatic heterocycles. The molecule has 2 aliphatic rings. The largest absolute Gasteiger partial charge is 0.352 e. The molecule has 0 aliphatic carbocycles. The van der Waals surface area contributed by atoms with Crippen LogP contribution in [0.25, 0.3) is 0 Å². The fourth-order valence-corrected chi connectivity index (χ4v) is 3.66. The Morgan fingerprint density at radius 3 is 2.65 bits per heavy atom. The molecule has 0 bridgehead atoms. The van der Waals surface area contributed by atoms with Crippen LogP contribution in [0.4, 0.5) is 0 Å². The molecule has 1 aromatic rings. The number of piperidine rings is 1. The first-order valence-electron chi connectivity index (χ1n) is 8.32. The summed E-state index contributed by atoms with van der Waals surface area (Å²) in [5.74, 6) is 0.172.